The summed E-state index contributed by atoms with van der Waals surface area (Å²) < 4.78 is 26.0. The van der Waals surface area contributed by atoms with Gasteiger partial charge in [0.1, 0.15) is 0 Å². The van der Waals surface area contributed by atoms with Crippen LogP contribution < -0.4 is 15.4 Å². The van der Waals surface area contributed by atoms with E-state index in [2.05, 4.69) is 10.6 Å². The average molecular weight is 361 g/mol. The van der Waals surface area contributed by atoms with Gasteiger partial charge in [0.2, 0.25) is 5.91 Å². The van der Waals surface area contributed by atoms with Gasteiger partial charge in [-0.05, 0) is 36.2 Å². The first-order valence-electron chi connectivity index (χ1n) is 7.51. The maximum atomic E-state index is 12.2. The van der Waals surface area contributed by atoms with Gasteiger partial charge in [-0.2, -0.15) is 0 Å². The van der Waals surface area contributed by atoms with Crippen molar-refractivity contribution >= 4 is 27.6 Å². The SMILES string of the molecule is CNC(=O)NS(=O)(=O)c1cccc(NC(=O)Cc2ccccc2C)c1. The van der Waals surface area contributed by atoms with Gasteiger partial charge in [0.05, 0.1) is 11.3 Å². The van der Waals surface area contributed by atoms with Crippen LogP contribution in [0.4, 0.5) is 10.5 Å². The molecule has 0 bridgehead atoms. The average Bonchev–Trinajstić information content (AvgIpc) is 2.56. The minimum Gasteiger partial charge on any atom is -0.340 e. The number of nitrogens with one attached hydrogen (secondary N) is 3. The highest BCUT2D eigenvalue weighted by Gasteiger charge is 2.17. The van der Waals surface area contributed by atoms with E-state index in [9.17, 15) is 18.0 Å². The number of hydrogen-bond acceptors (Lipinski definition) is 4. The summed E-state index contributed by atoms with van der Waals surface area (Å²) in [7, 11) is -2.70. The van der Waals surface area contributed by atoms with Crippen LogP contribution in [0.5, 0.6) is 0 Å². The van der Waals surface area contributed by atoms with Crippen LogP contribution in [0, 0.1) is 6.92 Å². The Balaban J connectivity index is 2.12. The van der Waals surface area contributed by atoms with E-state index in [0.717, 1.165) is 11.1 Å². The number of amides is 3. The van der Waals surface area contributed by atoms with E-state index in [0.29, 0.717) is 5.69 Å². The summed E-state index contributed by atoms with van der Waals surface area (Å²) in [6, 6.07) is 12.4. The highest BCUT2D eigenvalue weighted by molar-refractivity contribution is 7.90. The van der Waals surface area contributed by atoms with Crippen LogP contribution in [-0.4, -0.2) is 27.4 Å². The Morgan fingerprint density at radius 1 is 1.04 bits per heavy atom. The predicted octanol–water partition coefficient (Wildman–Crippen LogP) is 1.79. The Hall–Kier alpha value is -2.87. The number of carbonyl (C=O) groups is 2. The molecule has 0 saturated carbocycles. The largest absolute Gasteiger partial charge is 0.340 e. The molecular formula is C17H19N3O4S. The van der Waals surface area contributed by atoms with Crippen molar-refractivity contribution in [3.63, 3.8) is 0 Å². The van der Waals surface area contributed by atoms with Gasteiger partial charge in [0.25, 0.3) is 10.0 Å². The Labute approximate surface area is 146 Å². The van der Waals surface area contributed by atoms with Crippen molar-refractivity contribution in [2.24, 2.45) is 0 Å². The number of hydrogen-bond donors (Lipinski definition) is 3. The van der Waals surface area contributed by atoms with Crippen molar-refractivity contribution < 1.29 is 18.0 Å². The van der Waals surface area contributed by atoms with Crippen molar-refractivity contribution in [3.05, 3.63) is 59.7 Å². The molecule has 0 unspecified atom stereocenters. The lowest BCUT2D eigenvalue weighted by molar-refractivity contribution is -0.115. The molecular weight excluding hydrogens is 342 g/mol. The molecule has 0 heterocycles. The van der Waals surface area contributed by atoms with Gasteiger partial charge < -0.3 is 10.6 Å². The number of urea groups is 1. The van der Waals surface area contributed by atoms with Crippen LogP contribution in [0.25, 0.3) is 0 Å². The van der Waals surface area contributed by atoms with Crippen molar-refractivity contribution in [1.29, 1.82) is 0 Å². The van der Waals surface area contributed by atoms with Gasteiger partial charge in [-0.3, -0.25) is 4.79 Å². The first-order valence-corrected chi connectivity index (χ1v) is 8.99. The standard InChI is InChI=1S/C17H19N3O4S/c1-12-6-3-4-7-13(12)10-16(21)19-14-8-5-9-15(11-14)25(23,24)20-17(22)18-2/h3-9,11H,10H2,1-2H3,(H,19,21)(H2,18,20,22). The molecule has 0 aromatic heterocycles. The van der Waals surface area contributed by atoms with E-state index >= 15 is 0 Å². The molecule has 3 N–H and O–H groups in total. The Bertz CT molecular complexity index is 894. The predicted molar refractivity (Wildman–Crippen MR) is 94.7 cm³/mol. The molecule has 7 nitrogen and oxygen atoms in total. The number of sulfonamides is 1. The molecule has 2 aromatic carbocycles. The van der Waals surface area contributed by atoms with E-state index in [-0.39, 0.29) is 17.2 Å². The van der Waals surface area contributed by atoms with E-state index < -0.39 is 16.1 Å². The lowest BCUT2D eigenvalue weighted by Gasteiger charge is -2.10. The molecule has 2 rings (SSSR count). The first kappa shape index (κ1) is 18.5. The van der Waals surface area contributed by atoms with Crippen LogP contribution in [0.2, 0.25) is 0 Å². The molecule has 0 aliphatic heterocycles. The van der Waals surface area contributed by atoms with Crippen LogP contribution >= 0.6 is 0 Å². The monoisotopic (exact) mass is 361 g/mol. The minimum atomic E-state index is -4.01. The number of rotatable bonds is 5. The molecule has 132 valence electrons. The Morgan fingerprint density at radius 3 is 2.44 bits per heavy atom. The van der Waals surface area contributed by atoms with E-state index in [4.69, 9.17) is 0 Å². The highest BCUT2D eigenvalue weighted by Crippen LogP contribution is 2.16. The summed E-state index contributed by atoms with van der Waals surface area (Å²) in [6.45, 7) is 1.92. The number of anilines is 1. The van der Waals surface area contributed by atoms with Crippen molar-refractivity contribution in [1.82, 2.24) is 10.0 Å². The van der Waals surface area contributed by atoms with E-state index in [1.165, 1.54) is 25.2 Å². The molecule has 0 spiro atoms. The molecule has 25 heavy (non-hydrogen) atoms. The second kappa shape index (κ2) is 7.80. The molecule has 0 radical (unpaired) electrons. The normalized spacial score (nSPS) is 10.8. The summed E-state index contributed by atoms with van der Waals surface area (Å²) in [6.07, 6.45) is 0.181. The molecule has 0 fully saturated rings. The molecule has 0 atom stereocenters. The highest BCUT2D eigenvalue weighted by atomic mass is 32.2. The first-order chi connectivity index (χ1) is 11.8. The van der Waals surface area contributed by atoms with Crippen molar-refractivity contribution in [3.8, 4) is 0 Å². The van der Waals surface area contributed by atoms with E-state index in [1.54, 1.807) is 6.07 Å². The third-order valence-corrected chi connectivity index (χ3v) is 4.82. The smallest absolute Gasteiger partial charge is 0.328 e. The summed E-state index contributed by atoms with van der Waals surface area (Å²) in [4.78, 5) is 23.3. The van der Waals surface area contributed by atoms with E-state index in [1.807, 2.05) is 35.9 Å². The molecule has 3 amide bonds. The second-order valence-corrected chi connectivity index (χ2v) is 7.05. The summed E-state index contributed by atoms with van der Waals surface area (Å²) >= 11 is 0. The molecule has 2 aromatic rings. The third-order valence-electron chi connectivity index (χ3n) is 3.49. The van der Waals surface area contributed by atoms with Crippen LogP contribution in [0.1, 0.15) is 11.1 Å². The van der Waals surface area contributed by atoms with Crippen LogP contribution in [0.3, 0.4) is 0 Å². The number of benzene rings is 2. The van der Waals surface area contributed by atoms with Crippen molar-refractivity contribution in [2.75, 3.05) is 12.4 Å². The Morgan fingerprint density at radius 2 is 1.76 bits per heavy atom. The molecule has 0 aliphatic rings. The van der Waals surface area contributed by atoms with Crippen molar-refractivity contribution in [2.45, 2.75) is 18.2 Å². The fourth-order valence-corrected chi connectivity index (χ4v) is 3.16. The van der Waals surface area contributed by atoms with Gasteiger partial charge in [-0.1, -0.05) is 30.3 Å². The lowest BCUT2D eigenvalue weighted by atomic mass is 10.1. The zero-order valence-corrected chi connectivity index (χ0v) is 14.7. The van der Waals surface area contributed by atoms with Crippen LogP contribution in [0.15, 0.2) is 53.4 Å². The molecule has 0 aliphatic carbocycles. The topological polar surface area (TPSA) is 104 Å². The lowest BCUT2D eigenvalue weighted by Crippen LogP contribution is -2.37. The minimum absolute atomic E-state index is 0.121. The summed E-state index contributed by atoms with van der Waals surface area (Å²) in [5.41, 5.74) is 2.23. The fraction of sp³-hybridized carbons (Fsp3) is 0.176. The molecule has 8 heteroatoms. The zero-order valence-electron chi connectivity index (χ0n) is 13.9. The number of carbonyl (C=O) groups excluding carboxylic acids is 2. The fourth-order valence-electron chi connectivity index (χ4n) is 2.16. The van der Waals surface area contributed by atoms with Gasteiger partial charge in [-0.25, -0.2) is 17.9 Å². The Kier molecular flexibility index (Phi) is 5.76. The maximum Gasteiger partial charge on any atom is 0.328 e. The maximum absolute atomic E-state index is 12.2. The van der Waals surface area contributed by atoms with Gasteiger partial charge >= 0.3 is 6.03 Å². The van der Waals surface area contributed by atoms with Gasteiger partial charge in [0, 0.05) is 12.7 Å². The van der Waals surface area contributed by atoms with Gasteiger partial charge in [-0.15, -0.1) is 0 Å². The molecule has 0 saturated heterocycles. The van der Waals surface area contributed by atoms with Gasteiger partial charge in [0.15, 0.2) is 0 Å². The number of aryl methyl sites for hydroxylation is 1. The zero-order chi connectivity index (χ0) is 18.4. The van der Waals surface area contributed by atoms with Crippen LogP contribution in [-0.2, 0) is 21.2 Å². The summed E-state index contributed by atoms with van der Waals surface area (Å²) in [5, 5.41) is 4.84. The summed E-state index contributed by atoms with van der Waals surface area (Å²) in [5.74, 6) is -0.261. The quantitative estimate of drug-likeness (QED) is 0.755. The second-order valence-electron chi connectivity index (χ2n) is 5.36. The third kappa shape index (κ3) is 5.05.